The number of amidine groups is 2. The minimum Gasteiger partial charge on any atom is -0.490 e. The van der Waals surface area contributed by atoms with Gasteiger partial charge in [-0.15, -0.1) is 24.8 Å². The van der Waals surface area contributed by atoms with Crippen LogP contribution in [-0.4, -0.2) is 82.4 Å². The van der Waals surface area contributed by atoms with Crippen LogP contribution in [0.4, 0.5) is 5.69 Å². The molecule has 1 fully saturated rings. The smallest absolute Gasteiger partial charge is 0.323 e. The molecule has 0 radical (unpaired) electrons. The zero-order valence-electron chi connectivity index (χ0n) is 23.3. The van der Waals surface area contributed by atoms with Crippen molar-refractivity contribution in [2.75, 3.05) is 49.5 Å². The van der Waals surface area contributed by atoms with Crippen LogP contribution in [-0.2, 0) is 24.3 Å². The fourth-order valence-electron chi connectivity index (χ4n) is 4.47. The molecule has 0 aliphatic carbocycles. The number of rotatable bonds is 11. The van der Waals surface area contributed by atoms with Gasteiger partial charge in [0.25, 0.3) is 6.02 Å². The molecule has 0 saturated carbocycles. The van der Waals surface area contributed by atoms with Gasteiger partial charge in [-0.1, -0.05) is 30.4 Å². The van der Waals surface area contributed by atoms with E-state index in [-0.39, 0.29) is 49.9 Å². The number of benzene rings is 2. The number of nitrogens with one attached hydrogen (secondary N) is 1. The molecule has 0 spiro atoms. The van der Waals surface area contributed by atoms with E-state index in [4.69, 9.17) is 25.4 Å². The summed E-state index contributed by atoms with van der Waals surface area (Å²) in [4.78, 5) is 18.6. The van der Waals surface area contributed by atoms with Crippen LogP contribution in [0.25, 0.3) is 6.08 Å². The van der Waals surface area contributed by atoms with Crippen molar-refractivity contribution in [3.63, 3.8) is 0 Å². The first-order chi connectivity index (χ1) is 19.2. The lowest BCUT2D eigenvalue weighted by molar-refractivity contribution is -0.139. The first-order valence-electron chi connectivity index (χ1n) is 13.2. The predicted octanol–water partition coefficient (Wildman–Crippen LogP) is 3.46. The molecule has 11 nitrogen and oxygen atoms in total. The Bertz CT molecular complexity index is 1360. The highest BCUT2D eigenvalue weighted by Crippen LogP contribution is 2.25. The van der Waals surface area contributed by atoms with Crippen LogP contribution in [0.1, 0.15) is 30.9 Å². The summed E-state index contributed by atoms with van der Waals surface area (Å²) in [5, 5.41) is 7.61. The van der Waals surface area contributed by atoms with Gasteiger partial charge >= 0.3 is 5.97 Å². The van der Waals surface area contributed by atoms with Gasteiger partial charge in [0.05, 0.1) is 25.4 Å². The predicted molar refractivity (Wildman–Crippen MR) is 169 cm³/mol. The monoisotopic (exact) mass is 641 g/mol. The van der Waals surface area contributed by atoms with Crippen molar-refractivity contribution in [2.24, 2.45) is 10.7 Å². The average Bonchev–Trinajstić information content (AvgIpc) is 3.47. The third-order valence-electron chi connectivity index (χ3n) is 6.43. The van der Waals surface area contributed by atoms with E-state index in [1.807, 2.05) is 6.07 Å². The van der Waals surface area contributed by atoms with Gasteiger partial charge in [0.2, 0.25) is 10.0 Å². The van der Waals surface area contributed by atoms with Gasteiger partial charge in [-0.3, -0.25) is 14.5 Å². The number of nitrogens with zero attached hydrogens (tertiary/aromatic N) is 3. The molecule has 3 N–H and O–H groups in total. The van der Waals surface area contributed by atoms with Crippen LogP contribution in [0, 0.1) is 5.41 Å². The topological polar surface area (TPSA) is 148 Å². The van der Waals surface area contributed by atoms with Crippen molar-refractivity contribution in [3.8, 4) is 5.75 Å². The standard InChI is InChI=1S/C28H35N5O6S.2ClH/c1-2-37-26(34)20-40(35,36)33(15-4-6-21-5-3-7-22(19-21)27(29)30)23-8-10-24(11-9-23)39-25-12-16-32(17-13-25)28-31-14-18-38-28;;/h3-11,19,25H,2,12-18,20H2,1H3,(H3,29,30);2*1H/b6-4+;;. The number of hydrogen-bond acceptors (Lipinski definition) is 9. The highest BCUT2D eigenvalue weighted by atomic mass is 35.5. The molecule has 2 aromatic rings. The third kappa shape index (κ3) is 9.53. The number of aliphatic imine (C=N–C) groups is 1. The average molecular weight is 643 g/mol. The van der Waals surface area contributed by atoms with Crippen LogP contribution in [0.5, 0.6) is 5.75 Å². The highest BCUT2D eigenvalue weighted by Gasteiger charge is 2.27. The summed E-state index contributed by atoms with van der Waals surface area (Å²) in [5.41, 5.74) is 7.29. The molecule has 0 aromatic heterocycles. The van der Waals surface area contributed by atoms with Gasteiger partial charge in [0.1, 0.15) is 24.3 Å². The van der Waals surface area contributed by atoms with Crippen LogP contribution in [0.2, 0.25) is 0 Å². The number of sulfonamides is 1. The number of carbonyl (C=O) groups excluding carboxylic acids is 1. The van der Waals surface area contributed by atoms with Crippen LogP contribution < -0.4 is 14.8 Å². The van der Waals surface area contributed by atoms with Crippen LogP contribution in [0.3, 0.4) is 0 Å². The number of hydrogen-bond donors (Lipinski definition) is 2. The molecule has 0 bridgehead atoms. The number of ether oxygens (including phenoxy) is 3. The molecule has 0 unspecified atom stereocenters. The van der Waals surface area contributed by atoms with Crippen LogP contribution >= 0.6 is 24.8 Å². The summed E-state index contributed by atoms with van der Waals surface area (Å²) in [7, 11) is -4.04. The minimum atomic E-state index is -4.04. The molecule has 42 heavy (non-hydrogen) atoms. The number of esters is 1. The molecule has 2 aliphatic heterocycles. The Labute approximate surface area is 259 Å². The third-order valence-corrected chi connectivity index (χ3v) is 8.06. The number of nitrogens with two attached hydrogens (primary N) is 1. The summed E-state index contributed by atoms with van der Waals surface area (Å²) in [6.07, 6.45) is 5.09. The Morgan fingerprint density at radius 1 is 1.19 bits per heavy atom. The quantitative estimate of drug-likeness (QED) is 0.215. The van der Waals surface area contributed by atoms with Crippen molar-refractivity contribution in [1.29, 1.82) is 5.41 Å². The largest absolute Gasteiger partial charge is 0.490 e. The SMILES string of the molecule is CCOC(=O)CS(=O)(=O)N(C/C=C/c1cccc(C(=N)N)c1)c1ccc(OC2CCN(C3=NCCO3)CC2)cc1.Cl.Cl. The van der Waals surface area contributed by atoms with Crippen molar-refractivity contribution < 1.29 is 27.4 Å². The molecule has 230 valence electrons. The molecule has 1 saturated heterocycles. The van der Waals surface area contributed by atoms with Gasteiger partial charge in [0, 0.05) is 31.5 Å². The maximum atomic E-state index is 13.2. The minimum absolute atomic E-state index is 0. The second-order valence-corrected chi connectivity index (χ2v) is 11.2. The van der Waals surface area contributed by atoms with Gasteiger partial charge in [-0.2, -0.15) is 0 Å². The summed E-state index contributed by atoms with van der Waals surface area (Å²) in [6.45, 7) is 4.62. The van der Waals surface area contributed by atoms with E-state index in [1.54, 1.807) is 61.5 Å². The Morgan fingerprint density at radius 2 is 1.90 bits per heavy atom. The zero-order chi connectivity index (χ0) is 28.5. The molecule has 0 amide bonds. The van der Waals surface area contributed by atoms with E-state index in [2.05, 4.69) is 9.89 Å². The van der Waals surface area contributed by atoms with Crippen molar-refractivity contribution >= 4 is 64.4 Å². The van der Waals surface area contributed by atoms with Crippen molar-refractivity contribution in [2.45, 2.75) is 25.9 Å². The van der Waals surface area contributed by atoms with E-state index in [1.165, 1.54) is 4.31 Å². The molecule has 2 aromatic carbocycles. The molecule has 0 atom stereocenters. The number of likely N-dealkylation sites (tertiary alicyclic amines) is 1. The van der Waals surface area contributed by atoms with Crippen molar-refractivity contribution in [3.05, 3.63) is 65.7 Å². The maximum absolute atomic E-state index is 13.2. The molecular formula is C28H37Cl2N5O6S. The lowest BCUT2D eigenvalue weighted by Gasteiger charge is -2.32. The Balaban J connectivity index is 0.00000308. The van der Waals surface area contributed by atoms with Gasteiger partial charge in [-0.05, 0) is 42.8 Å². The number of carbonyl (C=O) groups is 1. The van der Waals surface area contributed by atoms with E-state index in [0.29, 0.717) is 36.2 Å². The normalized spacial score (nSPS) is 15.2. The van der Waals surface area contributed by atoms with Crippen LogP contribution in [0.15, 0.2) is 59.6 Å². The summed E-state index contributed by atoms with van der Waals surface area (Å²) >= 11 is 0. The maximum Gasteiger partial charge on any atom is 0.323 e. The lowest BCUT2D eigenvalue weighted by Crippen LogP contribution is -2.41. The van der Waals surface area contributed by atoms with Gasteiger partial charge in [0.15, 0.2) is 5.75 Å². The second-order valence-electron chi connectivity index (χ2n) is 9.34. The molecule has 14 heteroatoms. The number of anilines is 1. The number of halogens is 2. The summed E-state index contributed by atoms with van der Waals surface area (Å²) < 4.78 is 44.2. The molecule has 2 aliphatic rings. The second kappa shape index (κ2) is 16.2. The van der Waals surface area contributed by atoms with E-state index in [9.17, 15) is 13.2 Å². The first-order valence-corrected chi connectivity index (χ1v) is 14.8. The number of piperidine rings is 1. The first kappa shape index (κ1) is 34.7. The zero-order valence-corrected chi connectivity index (χ0v) is 25.8. The van der Waals surface area contributed by atoms with Crippen molar-refractivity contribution in [1.82, 2.24) is 4.90 Å². The van der Waals surface area contributed by atoms with E-state index < -0.39 is 21.7 Å². The molecular weight excluding hydrogens is 605 g/mol. The Hall–Kier alpha value is -3.48. The van der Waals surface area contributed by atoms with E-state index >= 15 is 0 Å². The summed E-state index contributed by atoms with van der Waals surface area (Å²) in [6, 6.07) is 14.6. The fraction of sp³-hybridized carbons (Fsp3) is 0.393. The summed E-state index contributed by atoms with van der Waals surface area (Å²) in [5.74, 6) is -1.01. The van der Waals surface area contributed by atoms with E-state index in [0.717, 1.165) is 31.5 Å². The van der Waals surface area contributed by atoms with Gasteiger partial charge < -0.3 is 24.8 Å². The Kier molecular flexibility index (Phi) is 13.4. The highest BCUT2D eigenvalue weighted by molar-refractivity contribution is 7.93. The molecule has 2 heterocycles. The number of nitrogen functional groups attached to an aromatic ring is 1. The lowest BCUT2D eigenvalue weighted by atomic mass is 10.1. The Morgan fingerprint density at radius 3 is 2.52 bits per heavy atom. The molecule has 4 rings (SSSR count). The van der Waals surface area contributed by atoms with Gasteiger partial charge in [-0.25, -0.2) is 13.4 Å². The fourth-order valence-corrected chi connectivity index (χ4v) is 5.76.